The molecule has 1 aromatic carbocycles. The first-order valence-corrected chi connectivity index (χ1v) is 5.58. The van der Waals surface area contributed by atoms with E-state index in [1.54, 1.807) is 6.07 Å². The lowest BCUT2D eigenvalue weighted by atomic mass is 9.86. The molecule has 0 aromatic heterocycles. The van der Waals surface area contributed by atoms with Crippen molar-refractivity contribution in [3.63, 3.8) is 0 Å². The van der Waals surface area contributed by atoms with Crippen LogP contribution in [0.15, 0.2) is 18.2 Å². The number of carboxylic acids is 1. The van der Waals surface area contributed by atoms with Gasteiger partial charge in [0, 0.05) is 0 Å². The summed E-state index contributed by atoms with van der Waals surface area (Å²) >= 11 is 0. The fourth-order valence-corrected chi connectivity index (χ4v) is 2.64. The quantitative estimate of drug-likeness (QED) is 0.834. The van der Waals surface area contributed by atoms with Crippen LogP contribution in [0.25, 0.3) is 0 Å². The molecule has 0 bridgehead atoms. The summed E-state index contributed by atoms with van der Waals surface area (Å²) in [6.07, 6.45) is 2.47. The number of carboxylic acid groups (broad SMARTS) is 1. The monoisotopic (exact) mass is 222 g/mol. The van der Waals surface area contributed by atoms with E-state index in [1.807, 2.05) is 6.92 Å². The van der Waals surface area contributed by atoms with E-state index in [-0.39, 0.29) is 17.7 Å². The van der Waals surface area contributed by atoms with Crippen LogP contribution < -0.4 is 0 Å². The maximum absolute atomic E-state index is 13.2. The normalized spacial score (nSPS) is 24.6. The molecule has 1 aliphatic carbocycles. The highest BCUT2D eigenvalue weighted by Crippen LogP contribution is 2.41. The summed E-state index contributed by atoms with van der Waals surface area (Å²) in [5, 5.41) is 9.11. The van der Waals surface area contributed by atoms with Crippen LogP contribution in [-0.2, 0) is 4.79 Å². The van der Waals surface area contributed by atoms with E-state index in [9.17, 15) is 9.18 Å². The fourth-order valence-electron chi connectivity index (χ4n) is 2.64. The van der Waals surface area contributed by atoms with Crippen molar-refractivity contribution in [2.24, 2.45) is 5.92 Å². The van der Waals surface area contributed by atoms with Crippen LogP contribution in [0.2, 0.25) is 0 Å². The second-order valence-corrected chi connectivity index (χ2v) is 4.48. The van der Waals surface area contributed by atoms with Crippen LogP contribution in [0.5, 0.6) is 0 Å². The molecular formula is C13H15FO2. The second-order valence-electron chi connectivity index (χ2n) is 4.48. The Balaban J connectivity index is 2.35. The zero-order valence-corrected chi connectivity index (χ0v) is 9.24. The average molecular weight is 222 g/mol. The summed E-state index contributed by atoms with van der Waals surface area (Å²) in [6.45, 7) is 1.91. The van der Waals surface area contributed by atoms with Crippen molar-refractivity contribution >= 4 is 5.97 Å². The van der Waals surface area contributed by atoms with Crippen LogP contribution in [0.3, 0.4) is 0 Å². The Morgan fingerprint density at radius 3 is 2.88 bits per heavy atom. The van der Waals surface area contributed by atoms with Crippen molar-refractivity contribution in [1.29, 1.82) is 0 Å². The van der Waals surface area contributed by atoms with E-state index in [0.29, 0.717) is 6.42 Å². The molecule has 0 spiro atoms. The van der Waals surface area contributed by atoms with E-state index in [4.69, 9.17) is 5.11 Å². The van der Waals surface area contributed by atoms with Crippen molar-refractivity contribution in [3.05, 3.63) is 35.1 Å². The fraction of sp³-hybridized carbons (Fsp3) is 0.462. The molecule has 1 fully saturated rings. The maximum atomic E-state index is 13.2. The van der Waals surface area contributed by atoms with Gasteiger partial charge in [-0.15, -0.1) is 0 Å². The van der Waals surface area contributed by atoms with Crippen molar-refractivity contribution in [2.75, 3.05) is 0 Å². The van der Waals surface area contributed by atoms with Crippen molar-refractivity contribution in [3.8, 4) is 0 Å². The Kier molecular flexibility index (Phi) is 2.95. The molecule has 16 heavy (non-hydrogen) atoms. The van der Waals surface area contributed by atoms with Crippen LogP contribution in [0.4, 0.5) is 4.39 Å². The summed E-state index contributed by atoms with van der Waals surface area (Å²) < 4.78 is 13.2. The van der Waals surface area contributed by atoms with Gasteiger partial charge in [-0.25, -0.2) is 4.39 Å². The zero-order valence-electron chi connectivity index (χ0n) is 9.24. The third-order valence-corrected chi connectivity index (χ3v) is 3.47. The molecule has 0 amide bonds. The van der Waals surface area contributed by atoms with Gasteiger partial charge < -0.3 is 5.11 Å². The molecule has 2 nitrogen and oxygen atoms in total. The Bertz CT molecular complexity index is 414. The van der Waals surface area contributed by atoms with Gasteiger partial charge in [0.05, 0.1) is 5.92 Å². The third-order valence-electron chi connectivity index (χ3n) is 3.47. The summed E-state index contributed by atoms with van der Waals surface area (Å²) in [4.78, 5) is 11.1. The largest absolute Gasteiger partial charge is 0.481 e. The maximum Gasteiger partial charge on any atom is 0.307 e. The molecule has 0 radical (unpaired) electrons. The van der Waals surface area contributed by atoms with Gasteiger partial charge in [0.15, 0.2) is 0 Å². The first-order valence-electron chi connectivity index (χ1n) is 5.58. The smallest absolute Gasteiger partial charge is 0.307 e. The summed E-state index contributed by atoms with van der Waals surface area (Å²) in [5.74, 6) is -1.41. The van der Waals surface area contributed by atoms with Gasteiger partial charge in [-0.1, -0.05) is 12.5 Å². The summed E-state index contributed by atoms with van der Waals surface area (Å²) in [5.41, 5.74) is 1.85. The van der Waals surface area contributed by atoms with E-state index >= 15 is 0 Å². The van der Waals surface area contributed by atoms with Crippen molar-refractivity contribution < 1.29 is 14.3 Å². The highest BCUT2D eigenvalue weighted by molar-refractivity contribution is 5.72. The predicted octanol–water partition coefficient (Wildman–Crippen LogP) is 3.10. The number of aryl methyl sites for hydroxylation is 1. The number of carbonyl (C=O) groups is 1. The molecule has 2 rings (SSSR count). The van der Waals surface area contributed by atoms with Crippen LogP contribution in [-0.4, -0.2) is 11.1 Å². The minimum absolute atomic E-state index is 0.0202. The molecule has 86 valence electrons. The number of hydrogen-bond acceptors (Lipinski definition) is 1. The van der Waals surface area contributed by atoms with E-state index in [2.05, 4.69) is 0 Å². The molecule has 1 aliphatic rings. The topological polar surface area (TPSA) is 37.3 Å². The van der Waals surface area contributed by atoms with Crippen molar-refractivity contribution in [1.82, 2.24) is 0 Å². The molecule has 0 saturated heterocycles. The molecule has 2 unspecified atom stereocenters. The number of rotatable bonds is 2. The lowest BCUT2D eigenvalue weighted by Crippen LogP contribution is -2.17. The standard InChI is InChI=1S/C13H15FO2/c1-8-5-6-9(14)7-12(8)10-3-2-4-11(10)13(15)16/h5-7,10-11H,2-4H2,1H3,(H,15,16). The highest BCUT2D eigenvalue weighted by atomic mass is 19.1. The summed E-state index contributed by atoms with van der Waals surface area (Å²) in [6, 6.07) is 4.63. The zero-order chi connectivity index (χ0) is 11.7. The second kappa shape index (κ2) is 4.24. The van der Waals surface area contributed by atoms with Gasteiger partial charge in [0.25, 0.3) is 0 Å². The van der Waals surface area contributed by atoms with Gasteiger partial charge in [-0.2, -0.15) is 0 Å². The molecular weight excluding hydrogens is 207 g/mol. The Hall–Kier alpha value is -1.38. The predicted molar refractivity (Wildman–Crippen MR) is 58.9 cm³/mol. The first kappa shape index (κ1) is 11.1. The van der Waals surface area contributed by atoms with Gasteiger partial charge in [0.2, 0.25) is 0 Å². The minimum atomic E-state index is -0.758. The van der Waals surface area contributed by atoms with Gasteiger partial charge in [-0.3, -0.25) is 4.79 Å². The highest BCUT2D eigenvalue weighted by Gasteiger charge is 2.34. The van der Waals surface area contributed by atoms with Crippen LogP contribution in [0, 0.1) is 18.7 Å². The Morgan fingerprint density at radius 1 is 1.44 bits per heavy atom. The molecule has 1 saturated carbocycles. The Labute approximate surface area is 94.1 Å². The van der Waals surface area contributed by atoms with Gasteiger partial charge >= 0.3 is 5.97 Å². The Morgan fingerprint density at radius 2 is 2.19 bits per heavy atom. The molecule has 0 heterocycles. The van der Waals surface area contributed by atoms with Crippen molar-refractivity contribution in [2.45, 2.75) is 32.1 Å². The molecule has 1 aromatic rings. The van der Waals surface area contributed by atoms with Gasteiger partial charge in [-0.05, 0) is 48.9 Å². The van der Waals surface area contributed by atoms with Gasteiger partial charge in [0.1, 0.15) is 5.82 Å². The lowest BCUT2D eigenvalue weighted by Gasteiger charge is -2.18. The number of benzene rings is 1. The van der Waals surface area contributed by atoms with E-state index in [0.717, 1.165) is 24.0 Å². The molecule has 1 N–H and O–H groups in total. The lowest BCUT2D eigenvalue weighted by molar-refractivity contribution is -0.142. The van der Waals surface area contributed by atoms with Crippen LogP contribution in [0.1, 0.15) is 36.3 Å². The molecule has 0 aliphatic heterocycles. The molecule has 3 heteroatoms. The molecule has 2 atom stereocenters. The van der Waals surface area contributed by atoms with Crippen LogP contribution >= 0.6 is 0 Å². The van der Waals surface area contributed by atoms with E-state index in [1.165, 1.54) is 12.1 Å². The minimum Gasteiger partial charge on any atom is -0.481 e. The summed E-state index contributed by atoms with van der Waals surface area (Å²) in [7, 11) is 0. The van der Waals surface area contributed by atoms with E-state index < -0.39 is 5.97 Å². The number of hydrogen-bond donors (Lipinski definition) is 1. The average Bonchev–Trinajstić information content (AvgIpc) is 2.70. The SMILES string of the molecule is Cc1ccc(F)cc1C1CCCC1C(=O)O. The number of halogens is 1. The third kappa shape index (κ3) is 1.94. The number of aliphatic carboxylic acids is 1. The first-order chi connectivity index (χ1) is 7.59.